The zero-order chi connectivity index (χ0) is 15.6. The molecular weight excluding hydrogens is 267 g/mol. The molecule has 5 heteroatoms. The summed E-state index contributed by atoms with van der Waals surface area (Å²) in [6.07, 6.45) is 1.85. The summed E-state index contributed by atoms with van der Waals surface area (Å²) < 4.78 is 14.7. The molecule has 1 N–H and O–H groups in total. The molecule has 110 valence electrons. The van der Waals surface area contributed by atoms with E-state index in [4.69, 9.17) is 0 Å². The van der Waals surface area contributed by atoms with E-state index in [9.17, 15) is 9.65 Å². The van der Waals surface area contributed by atoms with Gasteiger partial charge in [-0.05, 0) is 24.3 Å². The number of rotatable bonds is 3. The first-order chi connectivity index (χ1) is 9.81. The lowest BCUT2D eigenvalue weighted by molar-refractivity contribution is 0.547. The molecule has 4 nitrogen and oxygen atoms in total. The second kappa shape index (κ2) is 5.57. The van der Waals surface area contributed by atoms with Crippen molar-refractivity contribution in [2.45, 2.75) is 32.2 Å². The molecule has 0 aliphatic heterocycles. The van der Waals surface area contributed by atoms with Gasteiger partial charge in [0.25, 0.3) is 0 Å². The van der Waals surface area contributed by atoms with E-state index in [0.717, 1.165) is 11.3 Å². The van der Waals surface area contributed by atoms with Gasteiger partial charge in [-0.25, -0.2) is 4.39 Å². The molecule has 0 aliphatic rings. The summed E-state index contributed by atoms with van der Waals surface area (Å²) in [5.41, 5.74) is 2.27. The summed E-state index contributed by atoms with van der Waals surface area (Å²) in [4.78, 5) is 0. The highest BCUT2D eigenvalue weighted by Gasteiger charge is 2.26. The molecule has 2 aromatic rings. The second-order valence-electron chi connectivity index (χ2n) is 6.07. The molecule has 2 rings (SSSR count). The van der Waals surface area contributed by atoms with Crippen LogP contribution in [0.4, 0.5) is 10.1 Å². The maximum atomic E-state index is 12.9. The molecule has 0 fully saturated rings. The minimum Gasteiger partial charge on any atom is -0.366 e. The third kappa shape index (κ3) is 3.40. The lowest BCUT2D eigenvalue weighted by atomic mass is 9.87. The van der Waals surface area contributed by atoms with Gasteiger partial charge in [0.1, 0.15) is 11.9 Å². The van der Waals surface area contributed by atoms with E-state index in [1.165, 1.54) is 12.1 Å². The fraction of sp³-hybridized carbons (Fsp3) is 0.375. The molecule has 0 amide bonds. The summed E-state index contributed by atoms with van der Waals surface area (Å²) in [6.45, 7) is 6.18. The molecule has 0 radical (unpaired) electrons. The average Bonchev–Trinajstić information content (AvgIpc) is 2.80. The Morgan fingerprint density at radius 3 is 2.43 bits per heavy atom. The Hall–Kier alpha value is -2.35. The van der Waals surface area contributed by atoms with Gasteiger partial charge < -0.3 is 5.32 Å². The maximum absolute atomic E-state index is 12.9. The summed E-state index contributed by atoms with van der Waals surface area (Å²) >= 11 is 0. The van der Waals surface area contributed by atoms with Gasteiger partial charge in [0.15, 0.2) is 0 Å². The number of hydrogen-bond donors (Lipinski definition) is 1. The lowest BCUT2D eigenvalue weighted by Crippen LogP contribution is -2.18. The Morgan fingerprint density at radius 1 is 1.29 bits per heavy atom. The van der Waals surface area contributed by atoms with Gasteiger partial charge in [0, 0.05) is 29.9 Å². The highest BCUT2D eigenvalue weighted by molar-refractivity contribution is 5.48. The molecule has 1 aromatic heterocycles. The Bertz CT molecular complexity index is 659. The molecule has 1 aromatic carbocycles. The van der Waals surface area contributed by atoms with Gasteiger partial charge in [0.2, 0.25) is 0 Å². The Kier molecular flexibility index (Phi) is 3.99. The number of nitriles is 1. The highest BCUT2D eigenvalue weighted by atomic mass is 19.1. The molecule has 0 saturated carbocycles. The van der Waals surface area contributed by atoms with Crippen LogP contribution in [0.1, 0.15) is 38.1 Å². The number of halogens is 1. The van der Waals surface area contributed by atoms with Gasteiger partial charge in [-0.3, -0.25) is 4.68 Å². The maximum Gasteiger partial charge on any atom is 0.143 e. The van der Waals surface area contributed by atoms with Gasteiger partial charge in [-0.1, -0.05) is 20.8 Å². The van der Waals surface area contributed by atoms with E-state index >= 15 is 0 Å². The third-order valence-electron chi connectivity index (χ3n) is 3.16. The van der Waals surface area contributed by atoms with Crippen LogP contribution in [-0.2, 0) is 12.5 Å². The van der Waals surface area contributed by atoms with Gasteiger partial charge in [-0.15, -0.1) is 0 Å². The Labute approximate surface area is 124 Å². The third-order valence-corrected chi connectivity index (χ3v) is 3.16. The standard InChI is InChI=1S/C16H19FN4/c1-16(2,3)15-13(10-21(4)20-15)14(9-18)19-12-7-5-11(17)6-8-12/h5-8,10,14,19H,1-4H3. The van der Waals surface area contributed by atoms with Crippen molar-refractivity contribution in [3.63, 3.8) is 0 Å². The average molecular weight is 286 g/mol. The molecule has 0 spiro atoms. The monoisotopic (exact) mass is 286 g/mol. The summed E-state index contributed by atoms with van der Waals surface area (Å²) in [6, 6.07) is 7.69. The predicted octanol–water partition coefficient (Wildman–Crippen LogP) is 3.53. The van der Waals surface area contributed by atoms with Crippen molar-refractivity contribution in [3.05, 3.63) is 47.5 Å². The van der Waals surface area contributed by atoms with Gasteiger partial charge in [0.05, 0.1) is 11.8 Å². The molecule has 1 atom stereocenters. The van der Waals surface area contributed by atoms with Crippen LogP contribution in [0.5, 0.6) is 0 Å². The van der Waals surface area contributed by atoms with Crippen LogP contribution in [0.15, 0.2) is 30.5 Å². The number of anilines is 1. The van der Waals surface area contributed by atoms with Crippen LogP contribution in [0.3, 0.4) is 0 Å². The van der Waals surface area contributed by atoms with Crippen molar-refractivity contribution in [1.82, 2.24) is 9.78 Å². The first kappa shape index (κ1) is 15.0. The first-order valence-corrected chi connectivity index (χ1v) is 6.77. The molecular formula is C16H19FN4. The molecule has 0 saturated heterocycles. The van der Waals surface area contributed by atoms with Crippen LogP contribution >= 0.6 is 0 Å². The van der Waals surface area contributed by atoms with Gasteiger partial charge in [-0.2, -0.15) is 10.4 Å². The quantitative estimate of drug-likeness (QED) is 0.939. The smallest absolute Gasteiger partial charge is 0.143 e. The normalized spacial score (nSPS) is 12.8. The topological polar surface area (TPSA) is 53.6 Å². The summed E-state index contributed by atoms with van der Waals surface area (Å²) in [5.74, 6) is -0.300. The largest absolute Gasteiger partial charge is 0.366 e. The van der Waals surface area contributed by atoms with E-state index in [1.807, 2.05) is 13.2 Å². The van der Waals surface area contributed by atoms with Crippen molar-refractivity contribution in [2.24, 2.45) is 7.05 Å². The number of aromatic nitrogens is 2. The van der Waals surface area contributed by atoms with Crippen molar-refractivity contribution < 1.29 is 4.39 Å². The number of hydrogen-bond acceptors (Lipinski definition) is 3. The number of nitrogens with zero attached hydrogens (tertiary/aromatic N) is 3. The summed E-state index contributed by atoms with van der Waals surface area (Å²) in [5, 5.41) is 17.1. The summed E-state index contributed by atoms with van der Waals surface area (Å²) in [7, 11) is 1.84. The predicted molar refractivity (Wildman–Crippen MR) is 80.3 cm³/mol. The first-order valence-electron chi connectivity index (χ1n) is 6.77. The van der Waals surface area contributed by atoms with E-state index < -0.39 is 6.04 Å². The lowest BCUT2D eigenvalue weighted by Gasteiger charge is -2.20. The van der Waals surface area contributed by atoms with Crippen LogP contribution in [0.25, 0.3) is 0 Å². The van der Waals surface area contributed by atoms with Crippen LogP contribution < -0.4 is 5.32 Å². The molecule has 21 heavy (non-hydrogen) atoms. The number of nitrogens with one attached hydrogen (secondary N) is 1. The van der Waals surface area contributed by atoms with E-state index in [-0.39, 0.29) is 11.2 Å². The Balaban J connectivity index is 2.34. The van der Waals surface area contributed by atoms with Crippen molar-refractivity contribution in [2.75, 3.05) is 5.32 Å². The molecule has 1 unspecified atom stereocenters. The molecule has 0 aliphatic carbocycles. The SMILES string of the molecule is Cn1cc(C(C#N)Nc2ccc(F)cc2)c(C(C)(C)C)n1. The minimum absolute atomic E-state index is 0.157. The zero-order valence-corrected chi connectivity index (χ0v) is 12.7. The molecule has 1 heterocycles. The minimum atomic E-state index is -0.529. The van der Waals surface area contributed by atoms with E-state index in [0.29, 0.717) is 5.69 Å². The fourth-order valence-electron chi connectivity index (χ4n) is 2.19. The van der Waals surface area contributed by atoms with Gasteiger partial charge >= 0.3 is 0 Å². The van der Waals surface area contributed by atoms with Crippen LogP contribution in [0, 0.1) is 17.1 Å². The van der Waals surface area contributed by atoms with Crippen LogP contribution in [0.2, 0.25) is 0 Å². The van der Waals surface area contributed by atoms with Crippen molar-refractivity contribution in [1.29, 1.82) is 5.26 Å². The second-order valence-corrected chi connectivity index (χ2v) is 6.07. The zero-order valence-electron chi connectivity index (χ0n) is 12.7. The van der Waals surface area contributed by atoms with Crippen LogP contribution in [-0.4, -0.2) is 9.78 Å². The number of benzene rings is 1. The van der Waals surface area contributed by atoms with E-state index in [2.05, 4.69) is 37.3 Å². The fourth-order valence-corrected chi connectivity index (χ4v) is 2.19. The van der Waals surface area contributed by atoms with E-state index in [1.54, 1.807) is 16.8 Å². The highest BCUT2D eigenvalue weighted by Crippen LogP contribution is 2.30. The molecule has 0 bridgehead atoms. The van der Waals surface area contributed by atoms with Crippen molar-refractivity contribution in [3.8, 4) is 6.07 Å². The number of aryl methyl sites for hydroxylation is 1. The Morgan fingerprint density at radius 2 is 1.90 bits per heavy atom. The van der Waals surface area contributed by atoms with Crippen molar-refractivity contribution >= 4 is 5.69 Å².